The van der Waals surface area contributed by atoms with E-state index < -0.39 is 85.9 Å². The van der Waals surface area contributed by atoms with Gasteiger partial charge in [-0.05, 0) is 25.0 Å². The normalized spacial score (nSPS) is 30.4. The summed E-state index contributed by atoms with van der Waals surface area (Å²) in [5, 5.41) is 77.8. The van der Waals surface area contributed by atoms with Crippen LogP contribution in [0.3, 0.4) is 0 Å². The molecule has 9 N–H and O–H groups in total. The molecule has 18 heteroatoms. The van der Waals surface area contributed by atoms with Crippen LogP contribution in [-0.4, -0.2) is 196 Å². The molecule has 5 unspecified atom stereocenters. The monoisotopic (exact) mass is 769 g/mol. The van der Waals surface area contributed by atoms with Crippen molar-refractivity contribution in [1.29, 1.82) is 0 Å². The van der Waals surface area contributed by atoms with E-state index >= 15 is 0 Å². The van der Waals surface area contributed by atoms with Gasteiger partial charge in [-0.1, -0.05) is 20.8 Å². The number of amides is 3. The fourth-order valence-corrected chi connectivity index (χ4v) is 7.03. The van der Waals surface area contributed by atoms with Gasteiger partial charge in [0.15, 0.2) is 12.5 Å². The van der Waals surface area contributed by atoms with Crippen LogP contribution >= 0.6 is 11.8 Å². The molecule has 2 rings (SSSR count). The minimum Gasteiger partial charge on any atom is -0.394 e. The van der Waals surface area contributed by atoms with Gasteiger partial charge in [0.25, 0.3) is 0 Å². The Balaban J connectivity index is 1.82. The predicted octanol–water partition coefficient (Wildman–Crippen LogP) is -2.65. The van der Waals surface area contributed by atoms with E-state index in [0.717, 1.165) is 17.4 Å². The highest BCUT2D eigenvalue weighted by Crippen LogP contribution is 2.31. The van der Waals surface area contributed by atoms with Crippen LogP contribution in [0.5, 0.6) is 0 Å². The van der Waals surface area contributed by atoms with Crippen LogP contribution in [0.4, 0.5) is 0 Å². The van der Waals surface area contributed by atoms with Crippen LogP contribution in [0.1, 0.15) is 53.4 Å². The van der Waals surface area contributed by atoms with Gasteiger partial charge in [-0.2, -0.15) is 11.8 Å². The number of nitrogens with one attached hydrogen (secondary N) is 2. The standard InChI is InChI=1S/C34H64N4O13S/c1-8-21(17-34(3,4)33(48)36-11-9-14-38(5,6)7)30(47)35-12-16-52-15-10-13-37(20(2)41)31-27(45)26(44)29(23(19-40)49-31)51-32-28(46)25(43)24(42)22(18-39)50-32/h21-29,31-32,39-40,42-46H,8-19H2,1-7H3,(H-,35,36,47,48)/p+1/t21?,22?,23-,24+,25-,26?,27?,28?,29+,31+,32-/m0/s1. The van der Waals surface area contributed by atoms with Crippen LogP contribution in [0.15, 0.2) is 0 Å². The maximum Gasteiger partial charge on any atom is 0.225 e. The Bertz CT molecular complexity index is 1110. The molecule has 0 aliphatic carbocycles. The lowest BCUT2D eigenvalue weighted by Crippen LogP contribution is -2.67. The van der Waals surface area contributed by atoms with Gasteiger partial charge < -0.3 is 70.0 Å². The van der Waals surface area contributed by atoms with Crippen molar-refractivity contribution in [1.82, 2.24) is 15.5 Å². The van der Waals surface area contributed by atoms with Crippen molar-refractivity contribution >= 4 is 29.5 Å². The summed E-state index contributed by atoms with van der Waals surface area (Å²) in [6.07, 6.45) is -13.3. The van der Waals surface area contributed by atoms with E-state index in [2.05, 4.69) is 31.8 Å². The van der Waals surface area contributed by atoms with Gasteiger partial charge in [0, 0.05) is 50.1 Å². The molecule has 0 bridgehead atoms. The lowest BCUT2D eigenvalue weighted by atomic mass is 9.80. The van der Waals surface area contributed by atoms with Crippen LogP contribution in [0, 0.1) is 11.3 Å². The number of nitrogens with zero attached hydrogens (tertiary/aromatic N) is 2. The van der Waals surface area contributed by atoms with Gasteiger partial charge in [-0.3, -0.25) is 14.4 Å². The maximum absolute atomic E-state index is 13.0. The van der Waals surface area contributed by atoms with Crippen molar-refractivity contribution in [2.45, 2.75) is 115 Å². The Morgan fingerprint density at radius 2 is 1.52 bits per heavy atom. The third-order valence-corrected chi connectivity index (χ3v) is 10.5. The van der Waals surface area contributed by atoms with Crippen LogP contribution < -0.4 is 10.6 Å². The third-order valence-electron chi connectivity index (χ3n) is 9.45. The highest BCUT2D eigenvalue weighted by atomic mass is 32.2. The molecule has 17 nitrogen and oxygen atoms in total. The summed E-state index contributed by atoms with van der Waals surface area (Å²) in [7, 11) is 6.31. The first kappa shape index (κ1) is 46.5. The minimum atomic E-state index is -1.79. The average molecular weight is 770 g/mol. The van der Waals surface area contributed by atoms with Crippen molar-refractivity contribution in [2.75, 3.05) is 72.0 Å². The second-order valence-corrected chi connectivity index (χ2v) is 16.5. The Morgan fingerprint density at radius 1 is 0.865 bits per heavy atom. The summed E-state index contributed by atoms with van der Waals surface area (Å²) in [6, 6.07) is 0. The van der Waals surface area contributed by atoms with Crippen molar-refractivity contribution in [3.8, 4) is 0 Å². The van der Waals surface area contributed by atoms with E-state index in [0.29, 0.717) is 43.9 Å². The molecular formula is C34H65N4O13S+. The quantitative estimate of drug-likeness (QED) is 0.0428. The van der Waals surface area contributed by atoms with E-state index in [1.807, 2.05) is 20.8 Å². The molecule has 0 saturated carbocycles. The van der Waals surface area contributed by atoms with Crippen LogP contribution in [-0.2, 0) is 28.6 Å². The molecule has 0 aromatic carbocycles. The van der Waals surface area contributed by atoms with E-state index in [4.69, 9.17) is 14.2 Å². The molecule has 2 fully saturated rings. The zero-order chi connectivity index (χ0) is 39.4. The van der Waals surface area contributed by atoms with E-state index in [9.17, 15) is 50.1 Å². The van der Waals surface area contributed by atoms with Gasteiger partial charge >= 0.3 is 0 Å². The molecule has 0 radical (unpaired) electrons. The largest absolute Gasteiger partial charge is 0.394 e. The first-order chi connectivity index (χ1) is 24.3. The number of ether oxygens (including phenoxy) is 3. The summed E-state index contributed by atoms with van der Waals surface area (Å²) in [5.41, 5.74) is -0.701. The molecule has 2 aliphatic heterocycles. The van der Waals surface area contributed by atoms with Crippen LogP contribution in [0.2, 0.25) is 0 Å². The molecular weight excluding hydrogens is 704 g/mol. The van der Waals surface area contributed by atoms with E-state index in [1.165, 1.54) is 11.8 Å². The number of carbonyl (C=O) groups excluding carboxylic acids is 3. The molecule has 11 atom stereocenters. The SMILES string of the molecule is CCC(CC(C)(C)C(=O)NCCC[N+](C)(C)C)C(=O)NCCSCCCN(C(C)=O)[C@@H]1O[C@@H](CO)[C@@H](O[C@@H]2OC(CO)[C@@H](O)[C@H](O)C2O)C(O)C1O. The summed E-state index contributed by atoms with van der Waals surface area (Å²) in [6.45, 7) is 7.59. The van der Waals surface area contributed by atoms with Gasteiger partial charge in [0.2, 0.25) is 17.7 Å². The summed E-state index contributed by atoms with van der Waals surface area (Å²) < 4.78 is 17.6. The Labute approximate surface area is 311 Å². The molecule has 304 valence electrons. The second-order valence-electron chi connectivity index (χ2n) is 15.3. The summed E-state index contributed by atoms with van der Waals surface area (Å²) in [5.74, 6) is 0.252. The maximum atomic E-state index is 13.0. The lowest BCUT2D eigenvalue weighted by Gasteiger charge is -2.48. The fraction of sp³-hybridized carbons (Fsp3) is 0.912. The number of quaternary nitrogens is 1. The Hall–Kier alpha value is -1.68. The number of carbonyl (C=O) groups is 3. The number of aliphatic hydroxyl groups is 7. The summed E-state index contributed by atoms with van der Waals surface area (Å²) >= 11 is 1.55. The van der Waals surface area contributed by atoms with Gasteiger partial charge in [0.05, 0.1) is 40.9 Å². The number of hydrogen-bond acceptors (Lipinski definition) is 14. The fourth-order valence-electron chi connectivity index (χ4n) is 6.25. The Kier molecular flexibility index (Phi) is 19.1. The van der Waals surface area contributed by atoms with Crippen molar-refractivity contribution < 1.29 is 68.8 Å². The molecule has 0 aromatic rings. The molecule has 2 saturated heterocycles. The lowest BCUT2D eigenvalue weighted by molar-refractivity contribution is -0.870. The summed E-state index contributed by atoms with van der Waals surface area (Å²) in [4.78, 5) is 39.6. The number of aliphatic hydroxyl groups excluding tert-OH is 7. The zero-order valence-electron chi connectivity index (χ0n) is 31.7. The highest BCUT2D eigenvalue weighted by molar-refractivity contribution is 7.99. The van der Waals surface area contributed by atoms with Crippen molar-refractivity contribution in [3.05, 3.63) is 0 Å². The molecule has 2 heterocycles. The second kappa shape index (κ2) is 21.4. The molecule has 52 heavy (non-hydrogen) atoms. The topological polar surface area (TPSA) is 248 Å². The van der Waals surface area contributed by atoms with Gasteiger partial charge in [0.1, 0.15) is 48.8 Å². The first-order valence-electron chi connectivity index (χ1n) is 18.1. The van der Waals surface area contributed by atoms with Crippen molar-refractivity contribution in [3.63, 3.8) is 0 Å². The molecule has 0 spiro atoms. The first-order valence-corrected chi connectivity index (χ1v) is 19.2. The average Bonchev–Trinajstić information content (AvgIpc) is 3.08. The smallest absolute Gasteiger partial charge is 0.225 e. The molecule has 3 amide bonds. The third kappa shape index (κ3) is 13.6. The van der Waals surface area contributed by atoms with Gasteiger partial charge in [-0.15, -0.1) is 0 Å². The minimum absolute atomic E-state index is 0.0657. The van der Waals surface area contributed by atoms with Crippen LogP contribution in [0.25, 0.3) is 0 Å². The number of rotatable bonds is 21. The number of thioether (sulfide) groups is 1. The predicted molar refractivity (Wildman–Crippen MR) is 191 cm³/mol. The van der Waals surface area contributed by atoms with Gasteiger partial charge in [-0.25, -0.2) is 0 Å². The van der Waals surface area contributed by atoms with E-state index in [1.54, 1.807) is 11.8 Å². The van der Waals surface area contributed by atoms with Crippen molar-refractivity contribution in [2.24, 2.45) is 11.3 Å². The highest BCUT2D eigenvalue weighted by Gasteiger charge is 2.51. The molecule has 2 aliphatic rings. The molecule has 0 aromatic heterocycles. The number of hydrogen-bond donors (Lipinski definition) is 9. The van der Waals surface area contributed by atoms with E-state index in [-0.39, 0.29) is 24.3 Å². The Morgan fingerprint density at radius 3 is 2.10 bits per heavy atom. The zero-order valence-corrected chi connectivity index (χ0v) is 32.5.